The molecule has 2 rings (SSSR count). The predicted molar refractivity (Wildman–Crippen MR) is 78.1 cm³/mol. The molecule has 0 radical (unpaired) electrons. The maximum absolute atomic E-state index is 12.0. The zero-order valence-corrected chi connectivity index (χ0v) is 12.1. The van der Waals surface area contributed by atoms with Gasteiger partial charge in [-0.25, -0.2) is 0 Å². The molecule has 0 fully saturated rings. The van der Waals surface area contributed by atoms with Gasteiger partial charge in [0.05, 0.1) is 26.1 Å². The van der Waals surface area contributed by atoms with Crippen molar-refractivity contribution in [3.05, 3.63) is 23.8 Å². The summed E-state index contributed by atoms with van der Waals surface area (Å²) in [7, 11) is 1.32. The second-order valence-corrected chi connectivity index (χ2v) is 4.98. The number of ether oxygens (including phenoxy) is 2. The number of carbonyl (C=O) groups is 2. The van der Waals surface area contributed by atoms with Crippen LogP contribution in [0.3, 0.4) is 0 Å². The Morgan fingerprint density at radius 1 is 1.48 bits per heavy atom. The van der Waals surface area contributed by atoms with Gasteiger partial charge in [-0.3, -0.25) is 9.59 Å². The summed E-state index contributed by atoms with van der Waals surface area (Å²) < 4.78 is 10.2. The molecular formula is C15H20N2O4. The van der Waals surface area contributed by atoms with E-state index in [1.54, 1.807) is 6.07 Å². The van der Waals surface area contributed by atoms with Crippen LogP contribution in [-0.2, 0) is 20.7 Å². The van der Waals surface area contributed by atoms with Crippen molar-refractivity contribution in [3.63, 3.8) is 0 Å². The normalized spacial score (nSPS) is 16.9. The van der Waals surface area contributed by atoms with Crippen molar-refractivity contribution in [3.8, 4) is 5.75 Å². The molecule has 6 nitrogen and oxygen atoms in total. The largest absolute Gasteiger partial charge is 0.493 e. The number of esters is 1. The Morgan fingerprint density at radius 2 is 2.29 bits per heavy atom. The van der Waals surface area contributed by atoms with Gasteiger partial charge in [0, 0.05) is 11.8 Å². The topological polar surface area (TPSA) is 90.7 Å². The average molecular weight is 292 g/mol. The Hall–Kier alpha value is -2.08. The van der Waals surface area contributed by atoms with E-state index in [0.717, 1.165) is 17.7 Å². The highest BCUT2D eigenvalue weighted by atomic mass is 16.5. The summed E-state index contributed by atoms with van der Waals surface area (Å²) in [6, 6.07) is 5.58. The minimum Gasteiger partial charge on any atom is -0.493 e. The zero-order valence-electron chi connectivity index (χ0n) is 12.1. The molecule has 1 amide bonds. The van der Waals surface area contributed by atoms with Gasteiger partial charge in [0.2, 0.25) is 5.91 Å². The van der Waals surface area contributed by atoms with Crippen molar-refractivity contribution in [2.45, 2.75) is 19.3 Å². The van der Waals surface area contributed by atoms with E-state index in [1.165, 1.54) is 7.11 Å². The highest BCUT2D eigenvalue weighted by Gasteiger charge is 2.28. The summed E-state index contributed by atoms with van der Waals surface area (Å²) in [4.78, 5) is 23.3. The third kappa shape index (κ3) is 3.95. The van der Waals surface area contributed by atoms with E-state index in [9.17, 15) is 9.59 Å². The highest BCUT2D eigenvalue weighted by Crippen LogP contribution is 2.30. The molecule has 1 aliphatic heterocycles. The van der Waals surface area contributed by atoms with Gasteiger partial charge < -0.3 is 20.5 Å². The van der Waals surface area contributed by atoms with Crippen LogP contribution in [0, 0.1) is 5.92 Å². The summed E-state index contributed by atoms with van der Waals surface area (Å²) in [5.41, 5.74) is 7.15. The molecule has 0 saturated carbocycles. The third-order valence-corrected chi connectivity index (χ3v) is 3.43. The number of amides is 1. The number of nitrogens with two attached hydrogens (primary N) is 1. The Balaban J connectivity index is 2.05. The van der Waals surface area contributed by atoms with Gasteiger partial charge in [0.1, 0.15) is 5.75 Å². The van der Waals surface area contributed by atoms with E-state index in [0.29, 0.717) is 25.3 Å². The second kappa shape index (κ2) is 7.08. The molecule has 0 bridgehead atoms. The number of rotatable bonds is 6. The van der Waals surface area contributed by atoms with Crippen molar-refractivity contribution in [1.29, 1.82) is 0 Å². The van der Waals surface area contributed by atoms with Gasteiger partial charge in [-0.2, -0.15) is 0 Å². The van der Waals surface area contributed by atoms with Crippen LogP contribution in [-0.4, -0.2) is 32.1 Å². The molecule has 0 aliphatic carbocycles. The lowest BCUT2D eigenvalue weighted by molar-refractivity contribution is -0.143. The summed E-state index contributed by atoms with van der Waals surface area (Å²) in [6.07, 6.45) is 1.40. The summed E-state index contributed by atoms with van der Waals surface area (Å²) in [6.45, 7) is 1.13. The predicted octanol–water partition coefficient (Wildman–Crippen LogP) is 1.09. The van der Waals surface area contributed by atoms with Gasteiger partial charge in [0.15, 0.2) is 0 Å². The van der Waals surface area contributed by atoms with E-state index in [4.69, 9.17) is 10.5 Å². The standard InChI is InChI=1S/C15H20N2O4/c1-20-14(18)8-11-7-10-3-4-12(21-6-2-5-16)9-13(10)17-15(11)19/h3-4,9,11H,2,5-8,16H2,1H3,(H,17,19). The summed E-state index contributed by atoms with van der Waals surface area (Å²) >= 11 is 0. The first kappa shape index (κ1) is 15.3. The lowest BCUT2D eigenvalue weighted by Gasteiger charge is -2.24. The Labute approximate surface area is 123 Å². The molecule has 0 spiro atoms. The molecule has 21 heavy (non-hydrogen) atoms. The first-order valence-electron chi connectivity index (χ1n) is 6.97. The summed E-state index contributed by atoms with van der Waals surface area (Å²) in [5.74, 6) is -0.213. The van der Waals surface area contributed by atoms with Crippen molar-refractivity contribution in [1.82, 2.24) is 0 Å². The molecule has 0 aromatic heterocycles. The van der Waals surface area contributed by atoms with Crippen molar-refractivity contribution < 1.29 is 19.1 Å². The quantitative estimate of drug-likeness (QED) is 0.605. The maximum atomic E-state index is 12.0. The van der Waals surface area contributed by atoms with Gasteiger partial charge in [-0.15, -0.1) is 0 Å². The number of nitrogens with one attached hydrogen (secondary N) is 1. The lowest BCUT2D eigenvalue weighted by atomic mass is 9.90. The van der Waals surface area contributed by atoms with E-state index in [1.807, 2.05) is 12.1 Å². The Morgan fingerprint density at radius 3 is 3.00 bits per heavy atom. The van der Waals surface area contributed by atoms with E-state index >= 15 is 0 Å². The smallest absolute Gasteiger partial charge is 0.306 e. The molecule has 1 unspecified atom stereocenters. The second-order valence-electron chi connectivity index (χ2n) is 4.98. The molecule has 1 atom stereocenters. The van der Waals surface area contributed by atoms with E-state index in [-0.39, 0.29) is 24.2 Å². The van der Waals surface area contributed by atoms with Gasteiger partial charge in [0.25, 0.3) is 0 Å². The molecule has 1 heterocycles. The molecule has 114 valence electrons. The summed E-state index contributed by atoms with van der Waals surface area (Å²) in [5, 5.41) is 2.82. The number of hydrogen-bond donors (Lipinski definition) is 2. The SMILES string of the molecule is COC(=O)CC1Cc2ccc(OCCCN)cc2NC1=O. The van der Waals surface area contributed by atoms with Crippen LogP contribution in [0.2, 0.25) is 0 Å². The van der Waals surface area contributed by atoms with Crippen LogP contribution in [0.5, 0.6) is 5.75 Å². The fourth-order valence-electron chi connectivity index (χ4n) is 2.26. The van der Waals surface area contributed by atoms with Crippen molar-refractivity contribution in [2.75, 3.05) is 25.6 Å². The molecule has 1 aliphatic rings. The minimum atomic E-state index is -0.381. The number of anilines is 1. The molecule has 1 aromatic rings. The van der Waals surface area contributed by atoms with Crippen LogP contribution in [0.25, 0.3) is 0 Å². The lowest BCUT2D eigenvalue weighted by Crippen LogP contribution is -2.31. The molecule has 0 saturated heterocycles. The van der Waals surface area contributed by atoms with Crippen LogP contribution >= 0.6 is 0 Å². The Kier molecular flexibility index (Phi) is 5.16. The number of benzene rings is 1. The van der Waals surface area contributed by atoms with Crippen LogP contribution in [0.1, 0.15) is 18.4 Å². The first-order chi connectivity index (χ1) is 10.1. The Bertz CT molecular complexity index is 530. The molecular weight excluding hydrogens is 272 g/mol. The zero-order chi connectivity index (χ0) is 15.2. The van der Waals surface area contributed by atoms with Crippen molar-refractivity contribution in [2.24, 2.45) is 11.7 Å². The van der Waals surface area contributed by atoms with Crippen molar-refractivity contribution >= 4 is 17.6 Å². The average Bonchev–Trinajstić information content (AvgIpc) is 2.48. The fraction of sp³-hybridized carbons (Fsp3) is 0.467. The van der Waals surface area contributed by atoms with Crippen LogP contribution in [0.4, 0.5) is 5.69 Å². The number of methoxy groups -OCH3 is 1. The highest BCUT2D eigenvalue weighted by molar-refractivity contribution is 5.97. The van der Waals surface area contributed by atoms with Gasteiger partial charge >= 0.3 is 5.97 Å². The molecule has 1 aromatic carbocycles. The van der Waals surface area contributed by atoms with Crippen LogP contribution < -0.4 is 15.8 Å². The number of fused-ring (bicyclic) bond motifs is 1. The molecule has 3 N–H and O–H groups in total. The van der Waals surface area contributed by atoms with E-state index < -0.39 is 0 Å². The third-order valence-electron chi connectivity index (χ3n) is 3.43. The number of carbonyl (C=O) groups excluding carboxylic acids is 2. The van der Waals surface area contributed by atoms with E-state index in [2.05, 4.69) is 10.1 Å². The van der Waals surface area contributed by atoms with Gasteiger partial charge in [-0.05, 0) is 31.0 Å². The fourth-order valence-corrected chi connectivity index (χ4v) is 2.26. The van der Waals surface area contributed by atoms with Gasteiger partial charge in [-0.1, -0.05) is 6.07 Å². The first-order valence-corrected chi connectivity index (χ1v) is 6.97. The van der Waals surface area contributed by atoms with Crippen LogP contribution in [0.15, 0.2) is 18.2 Å². The number of hydrogen-bond acceptors (Lipinski definition) is 5. The monoisotopic (exact) mass is 292 g/mol. The molecule has 6 heteroatoms. The minimum absolute atomic E-state index is 0.0938. The maximum Gasteiger partial charge on any atom is 0.306 e.